The molecule has 1 saturated heterocycles. The number of anilines is 1. The van der Waals surface area contributed by atoms with Gasteiger partial charge in [0.05, 0.1) is 22.1 Å². The number of ether oxygens (including phenoxy) is 1. The highest BCUT2D eigenvalue weighted by molar-refractivity contribution is 8.18. The first-order valence-corrected chi connectivity index (χ1v) is 10.0. The standard InChI is InChI=1S/C20H16ClN3O5S/c1-2-29-19(27)14-10-13(3-4-15(14)21)23-17(25)11-24-18(26)16(30-20(24)28)9-12-5-7-22-8-6-12/h3-10H,2,11H2,1H3,(H,23,25)/b16-9+. The molecule has 0 unspecified atom stereocenters. The summed E-state index contributed by atoms with van der Waals surface area (Å²) in [7, 11) is 0. The minimum Gasteiger partial charge on any atom is -0.462 e. The van der Waals surface area contributed by atoms with E-state index in [9.17, 15) is 19.2 Å². The maximum Gasteiger partial charge on any atom is 0.339 e. The lowest BCUT2D eigenvalue weighted by molar-refractivity contribution is -0.127. The molecule has 0 saturated carbocycles. The van der Waals surface area contributed by atoms with E-state index in [1.54, 1.807) is 37.5 Å². The molecule has 1 fully saturated rings. The first kappa shape index (κ1) is 21.5. The van der Waals surface area contributed by atoms with Crippen LogP contribution in [0.15, 0.2) is 47.6 Å². The normalized spacial score (nSPS) is 14.9. The minimum absolute atomic E-state index is 0.0998. The number of carbonyl (C=O) groups excluding carboxylic acids is 4. The van der Waals surface area contributed by atoms with E-state index in [0.29, 0.717) is 5.56 Å². The molecule has 1 aliphatic rings. The van der Waals surface area contributed by atoms with Crippen molar-refractivity contribution in [1.29, 1.82) is 0 Å². The van der Waals surface area contributed by atoms with E-state index >= 15 is 0 Å². The van der Waals surface area contributed by atoms with Gasteiger partial charge in [-0.2, -0.15) is 0 Å². The number of pyridine rings is 1. The zero-order valence-corrected chi connectivity index (χ0v) is 17.3. The molecular weight excluding hydrogens is 430 g/mol. The van der Waals surface area contributed by atoms with Crippen LogP contribution in [0.4, 0.5) is 10.5 Å². The highest BCUT2D eigenvalue weighted by atomic mass is 35.5. The van der Waals surface area contributed by atoms with Crippen LogP contribution >= 0.6 is 23.4 Å². The number of hydrogen-bond donors (Lipinski definition) is 1. The van der Waals surface area contributed by atoms with Crippen molar-refractivity contribution in [2.75, 3.05) is 18.5 Å². The molecule has 0 aliphatic carbocycles. The van der Waals surface area contributed by atoms with E-state index in [2.05, 4.69) is 10.3 Å². The Bertz CT molecular complexity index is 1040. The predicted molar refractivity (Wildman–Crippen MR) is 113 cm³/mol. The monoisotopic (exact) mass is 445 g/mol. The van der Waals surface area contributed by atoms with Crippen molar-refractivity contribution in [2.24, 2.45) is 0 Å². The summed E-state index contributed by atoms with van der Waals surface area (Å²) < 4.78 is 4.92. The van der Waals surface area contributed by atoms with E-state index in [-0.39, 0.29) is 27.8 Å². The summed E-state index contributed by atoms with van der Waals surface area (Å²) in [6, 6.07) is 7.71. The molecule has 1 aliphatic heterocycles. The van der Waals surface area contributed by atoms with Gasteiger partial charge in [-0.1, -0.05) is 11.6 Å². The Morgan fingerprint density at radius 2 is 1.97 bits per heavy atom. The molecule has 1 N–H and O–H groups in total. The lowest BCUT2D eigenvalue weighted by Crippen LogP contribution is -2.36. The van der Waals surface area contributed by atoms with Gasteiger partial charge in [0.1, 0.15) is 6.54 Å². The Kier molecular flexibility index (Phi) is 6.86. The van der Waals surface area contributed by atoms with E-state index in [1.807, 2.05) is 0 Å². The quantitative estimate of drug-likeness (QED) is 0.535. The van der Waals surface area contributed by atoms with Crippen molar-refractivity contribution in [3.05, 3.63) is 63.8 Å². The smallest absolute Gasteiger partial charge is 0.339 e. The van der Waals surface area contributed by atoms with Crippen LogP contribution in [-0.4, -0.2) is 46.1 Å². The topological polar surface area (TPSA) is 106 Å². The molecule has 3 amide bonds. The van der Waals surface area contributed by atoms with E-state index in [4.69, 9.17) is 16.3 Å². The summed E-state index contributed by atoms with van der Waals surface area (Å²) >= 11 is 6.76. The number of imide groups is 1. The molecule has 30 heavy (non-hydrogen) atoms. The molecule has 8 nitrogen and oxygen atoms in total. The molecule has 10 heteroatoms. The number of hydrogen-bond acceptors (Lipinski definition) is 7. The van der Waals surface area contributed by atoms with Crippen LogP contribution in [0.1, 0.15) is 22.8 Å². The first-order chi connectivity index (χ1) is 14.4. The van der Waals surface area contributed by atoms with Crippen molar-refractivity contribution >= 4 is 58.1 Å². The van der Waals surface area contributed by atoms with Crippen LogP contribution in [0, 0.1) is 0 Å². The fourth-order valence-electron chi connectivity index (χ4n) is 2.56. The molecule has 0 bridgehead atoms. The summed E-state index contributed by atoms with van der Waals surface area (Å²) in [4.78, 5) is 54.0. The number of nitrogens with zero attached hydrogens (tertiary/aromatic N) is 2. The molecule has 154 valence electrons. The third kappa shape index (κ3) is 5.05. The lowest BCUT2D eigenvalue weighted by atomic mass is 10.2. The molecular formula is C20H16ClN3O5S. The van der Waals surface area contributed by atoms with E-state index in [1.165, 1.54) is 18.2 Å². The minimum atomic E-state index is -0.620. The third-order valence-corrected chi connectivity index (χ3v) is 5.16. The van der Waals surface area contributed by atoms with Gasteiger partial charge >= 0.3 is 5.97 Å². The van der Waals surface area contributed by atoms with Crippen LogP contribution < -0.4 is 5.32 Å². The van der Waals surface area contributed by atoms with Gasteiger partial charge in [0.2, 0.25) is 5.91 Å². The first-order valence-electron chi connectivity index (χ1n) is 8.81. The second-order valence-electron chi connectivity index (χ2n) is 6.01. The van der Waals surface area contributed by atoms with E-state index in [0.717, 1.165) is 16.7 Å². The van der Waals surface area contributed by atoms with Crippen molar-refractivity contribution in [3.8, 4) is 0 Å². The number of carbonyl (C=O) groups is 4. The molecule has 2 aromatic rings. The fraction of sp³-hybridized carbons (Fsp3) is 0.150. The lowest BCUT2D eigenvalue weighted by Gasteiger charge is -2.13. The Balaban J connectivity index is 1.68. The number of amides is 3. The summed E-state index contributed by atoms with van der Waals surface area (Å²) in [5.41, 5.74) is 1.10. The van der Waals surface area contributed by atoms with Gasteiger partial charge in [-0.15, -0.1) is 0 Å². The molecule has 0 atom stereocenters. The fourth-order valence-corrected chi connectivity index (χ4v) is 3.59. The second-order valence-corrected chi connectivity index (χ2v) is 7.41. The average Bonchev–Trinajstić information content (AvgIpc) is 2.97. The maximum absolute atomic E-state index is 12.5. The van der Waals surface area contributed by atoms with Gasteiger partial charge < -0.3 is 10.1 Å². The van der Waals surface area contributed by atoms with E-state index < -0.39 is 29.6 Å². The number of nitrogens with one attached hydrogen (secondary N) is 1. The molecule has 1 aromatic carbocycles. The van der Waals surface area contributed by atoms with Gasteiger partial charge in [0.15, 0.2) is 0 Å². The van der Waals surface area contributed by atoms with Crippen LogP contribution in [0.3, 0.4) is 0 Å². The van der Waals surface area contributed by atoms with Crippen LogP contribution in [0.5, 0.6) is 0 Å². The molecule has 0 radical (unpaired) electrons. The number of thioether (sulfide) groups is 1. The highest BCUT2D eigenvalue weighted by Gasteiger charge is 2.36. The number of halogens is 1. The maximum atomic E-state index is 12.5. The predicted octanol–water partition coefficient (Wildman–Crippen LogP) is 3.59. The number of benzene rings is 1. The Hall–Kier alpha value is -3.17. The second kappa shape index (κ2) is 9.55. The Labute approximate surface area is 181 Å². The van der Waals surface area contributed by atoms with Crippen molar-refractivity contribution in [1.82, 2.24) is 9.88 Å². The molecule has 3 rings (SSSR count). The van der Waals surface area contributed by atoms with Crippen molar-refractivity contribution in [2.45, 2.75) is 6.92 Å². The average molecular weight is 446 g/mol. The molecule has 1 aromatic heterocycles. The molecule has 2 heterocycles. The zero-order valence-electron chi connectivity index (χ0n) is 15.8. The number of aromatic nitrogens is 1. The Morgan fingerprint density at radius 1 is 1.23 bits per heavy atom. The summed E-state index contributed by atoms with van der Waals surface area (Å²) in [6.07, 6.45) is 4.70. The van der Waals surface area contributed by atoms with Crippen LogP contribution in [0.2, 0.25) is 5.02 Å². The van der Waals surface area contributed by atoms with Crippen molar-refractivity contribution in [3.63, 3.8) is 0 Å². The summed E-state index contributed by atoms with van der Waals surface area (Å²) in [6.45, 7) is 1.38. The highest BCUT2D eigenvalue weighted by Crippen LogP contribution is 2.32. The van der Waals surface area contributed by atoms with Gasteiger partial charge in [0.25, 0.3) is 11.1 Å². The zero-order chi connectivity index (χ0) is 21.7. The van der Waals surface area contributed by atoms with Crippen LogP contribution in [0.25, 0.3) is 6.08 Å². The summed E-state index contributed by atoms with van der Waals surface area (Å²) in [5.74, 6) is -1.77. The largest absolute Gasteiger partial charge is 0.462 e. The summed E-state index contributed by atoms with van der Waals surface area (Å²) in [5, 5.41) is 2.19. The Morgan fingerprint density at radius 3 is 2.67 bits per heavy atom. The van der Waals surface area contributed by atoms with Crippen LogP contribution in [-0.2, 0) is 14.3 Å². The molecule has 0 spiro atoms. The van der Waals surface area contributed by atoms with Gasteiger partial charge in [-0.3, -0.25) is 24.3 Å². The van der Waals surface area contributed by atoms with Gasteiger partial charge in [0, 0.05) is 18.1 Å². The number of esters is 1. The van der Waals surface area contributed by atoms with Gasteiger partial charge in [-0.05, 0) is 60.7 Å². The number of rotatable bonds is 6. The van der Waals surface area contributed by atoms with Gasteiger partial charge in [-0.25, -0.2) is 4.79 Å². The van der Waals surface area contributed by atoms with Crippen molar-refractivity contribution < 1.29 is 23.9 Å². The third-order valence-electron chi connectivity index (χ3n) is 3.92. The SMILES string of the molecule is CCOC(=O)c1cc(NC(=O)CN2C(=O)S/C(=C/c3ccncc3)C2=O)ccc1Cl.